The van der Waals surface area contributed by atoms with Gasteiger partial charge < -0.3 is 20.6 Å². The maximum absolute atomic E-state index is 13.5. The number of carbonyl (C=O) groups excluding carboxylic acids is 5. The van der Waals surface area contributed by atoms with Crippen LogP contribution in [0.2, 0.25) is 0 Å². The van der Waals surface area contributed by atoms with Gasteiger partial charge in [-0.3, -0.25) is 34.2 Å². The number of thiazole rings is 1. The number of alkyl halides is 3. The molecule has 2 aromatic carbocycles. The van der Waals surface area contributed by atoms with Crippen molar-refractivity contribution in [1.29, 1.82) is 0 Å². The SMILES string of the molecule is CN(C[C@H]1CC[C@H](c2nc3cc(C(C)(C)O)c(NC(=O)c4cccc(C(F)(F)F)n4)cc3s2)CC1)[C@H]1CC[C@@H](CNc2cccc3c2C(=O)N(C2CCC(=O)NC2=O)C3=O)CC1. The van der Waals surface area contributed by atoms with E-state index in [1.54, 1.807) is 44.2 Å². The first kappa shape index (κ1) is 43.4. The van der Waals surface area contributed by atoms with E-state index in [0.717, 1.165) is 84.7 Å². The van der Waals surface area contributed by atoms with Gasteiger partial charge in [-0.1, -0.05) is 12.1 Å². The Morgan fingerprint density at radius 3 is 2.31 bits per heavy atom. The van der Waals surface area contributed by atoms with Gasteiger partial charge in [0, 0.05) is 48.4 Å². The Kier molecular flexibility index (Phi) is 12.0. The second-order valence-corrected chi connectivity index (χ2v) is 18.8. The Morgan fingerprint density at radius 2 is 1.61 bits per heavy atom. The average Bonchev–Trinajstić information content (AvgIpc) is 3.77. The lowest BCUT2D eigenvalue weighted by molar-refractivity contribution is -0.141. The van der Waals surface area contributed by atoms with E-state index < -0.39 is 53.0 Å². The number of halogens is 3. The van der Waals surface area contributed by atoms with E-state index in [2.05, 4.69) is 32.9 Å². The zero-order valence-electron chi connectivity index (χ0n) is 34.8. The van der Waals surface area contributed by atoms with Gasteiger partial charge >= 0.3 is 6.18 Å². The van der Waals surface area contributed by atoms with Gasteiger partial charge in [-0.2, -0.15) is 13.2 Å². The summed E-state index contributed by atoms with van der Waals surface area (Å²) in [5.74, 6) is -1.65. The van der Waals surface area contributed by atoms with Gasteiger partial charge in [-0.25, -0.2) is 9.97 Å². The average molecular weight is 874 g/mol. The molecule has 3 fully saturated rings. The minimum absolute atomic E-state index is 0.0700. The number of nitrogens with zero attached hydrogens (tertiary/aromatic N) is 4. The van der Waals surface area contributed by atoms with E-state index in [1.807, 2.05) is 0 Å². The van der Waals surface area contributed by atoms with Crippen molar-refractivity contribution in [1.82, 2.24) is 25.1 Å². The van der Waals surface area contributed by atoms with Crippen LogP contribution in [-0.4, -0.2) is 86.6 Å². The number of amides is 5. The van der Waals surface area contributed by atoms with E-state index in [9.17, 15) is 42.3 Å². The molecule has 2 aliphatic carbocycles. The minimum Gasteiger partial charge on any atom is -0.386 e. The molecule has 0 bridgehead atoms. The van der Waals surface area contributed by atoms with E-state index in [1.165, 1.54) is 17.4 Å². The molecule has 4 heterocycles. The van der Waals surface area contributed by atoms with Gasteiger partial charge in [0.05, 0.1) is 32.0 Å². The summed E-state index contributed by atoms with van der Waals surface area (Å²) in [6.45, 7) is 4.83. The highest BCUT2D eigenvalue weighted by Crippen LogP contribution is 2.42. The Labute approximate surface area is 360 Å². The Balaban J connectivity index is 0.825. The largest absolute Gasteiger partial charge is 0.433 e. The molecule has 2 aromatic heterocycles. The highest BCUT2D eigenvalue weighted by molar-refractivity contribution is 7.18. The maximum atomic E-state index is 13.5. The number of aliphatic hydroxyl groups is 1. The van der Waals surface area contributed by atoms with Gasteiger partial charge in [-0.05, 0) is 127 Å². The molecule has 2 saturated carbocycles. The maximum Gasteiger partial charge on any atom is 0.433 e. The van der Waals surface area contributed by atoms with Crippen molar-refractivity contribution < 1.29 is 42.3 Å². The quantitative estimate of drug-likeness (QED) is 0.111. The fourth-order valence-corrected chi connectivity index (χ4v) is 10.7. The predicted molar refractivity (Wildman–Crippen MR) is 227 cm³/mol. The molecule has 13 nitrogen and oxygen atoms in total. The summed E-state index contributed by atoms with van der Waals surface area (Å²) in [6, 6.07) is 11.2. The van der Waals surface area contributed by atoms with Crippen LogP contribution in [0.3, 0.4) is 0 Å². The number of anilines is 2. The Hall–Kier alpha value is -5.26. The number of benzene rings is 2. The van der Waals surface area contributed by atoms with Crippen molar-refractivity contribution in [2.45, 2.75) is 108 Å². The van der Waals surface area contributed by atoms with Crippen molar-refractivity contribution in [2.24, 2.45) is 11.8 Å². The van der Waals surface area contributed by atoms with Crippen LogP contribution in [0.1, 0.15) is 131 Å². The number of piperidine rings is 1. The third kappa shape index (κ3) is 8.97. The van der Waals surface area contributed by atoms with Gasteiger partial charge in [0.1, 0.15) is 17.4 Å². The van der Waals surface area contributed by atoms with Crippen LogP contribution in [0.15, 0.2) is 48.5 Å². The molecule has 1 saturated heterocycles. The first-order valence-corrected chi connectivity index (χ1v) is 22.1. The van der Waals surface area contributed by atoms with Crippen molar-refractivity contribution in [2.75, 3.05) is 30.8 Å². The zero-order chi connectivity index (χ0) is 44.1. The lowest BCUT2D eigenvalue weighted by atomic mass is 9.81. The molecule has 8 rings (SSSR count). The first-order valence-electron chi connectivity index (χ1n) is 21.3. The number of imide groups is 2. The highest BCUT2D eigenvalue weighted by atomic mass is 32.1. The lowest BCUT2D eigenvalue weighted by Gasteiger charge is -2.38. The second-order valence-electron chi connectivity index (χ2n) is 17.7. The monoisotopic (exact) mass is 873 g/mol. The molecule has 1 unspecified atom stereocenters. The van der Waals surface area contributed by atoms with Crippen molar-refractivity contribution in [3.63, 3.8) is 0 Å². The van der Waals surface area contributed by atoms with Crippen LogP contribution in [-0.2, 0) is 21.4 Å². The summed E-state index contributed by atoms with van der Waals surface area (Å²) >= 11 is 1.54. The van der Waals surface area contributed by atoms with Crippen LogP contribution < -0.4 is 16.0 Å². The van der Waals surface area contributed by atoms with Gasteiger partial charge in [0.15, 0.2) is 0 Å². The van der Waals surface area contributed by atoms with Crippen molar-refractivity contribution in [3.8, 4) is 0 Å². The number of hydrogen-bond acceptors (Lipinski definition) is 11. The summed E-state index contributed by atoms with van der Waals surface area (Å²) in [5, 5.41) is 20.4. The number of fused-ring (bicyclic) bond motifs is 2. The minimum atomic E-state index is -4.70. The number of aromatic nitrogens is 2. The topological polar surface area (TPSA) is 174 Å². The highest BCUT2D eigenvalue weighted by Gasteiger charge is 2.46. The van der Waals surface area contributed by atoms with Crippen LogP contribution in [0.4, 0.5) is 24.5 Å². The molecule has 4 aromatic rings. The summed E-state index contributed by atoms with van der Waals surface area (Å²) in [5.41, 5.74) is -0.422. The number of pyridine rings is 1. The van der Waals surface area contributed by atoms with E-state index >= 15 is 0 Å². The molecule has 4 aliphatic rings. The molecule has 4 N–H and O–H groups in total. The number of rotatable bonds is 11. The molecule has 62 heavy (non-hydrogen) atoms. The predicted octanol–water partition coefficient (Wildman–Crippen LogP) is 7.47. The molecule has 2 aliphatic heterocycles. The van der Waals surface area contributed by atoms with Crippen molar-refractivity contribution in [3.05, 3.63) is 81.6 Å². The molecule has 5 amide bonds. The molecule has 0 spiro atoms. The molecule has 328 valence electrons. The fourth-order valence-electron chi connectivity index (χ4n) is 9.54. The molecule has 1 atom stereocenters. The first-order chi connectivity index (χ1) is 29.4. The third-order valence-corrected chi connectivity index (χ3v) is 14.1. The van der Waals surface area contributed by atoms with E-state index in [-0.39, 0.29) is 41.3 Å². The summed E-state index contributed by atoms with van der Waals surface area (Å²) < 4.78 is 40.6. The van der Waals surface area contributed by atoms with E-state index in [4.69, 9.17) is 4.98 Å². The molecular weight excluding hydrogens is 824 g/mol. The third-order valence-electron chi connectivity index (χ3n) is 13.0. The standard InChI is InChI=1S/C45H50F3N7O6S/c1-44(2,61)29-20-33-35(21-32(29)51-39(57)31-8-5-9-36(50-31)45(46,47)48)62-41(52-33)26-14-10-25(11-15-26)23-54(3)27-16-12-24(13-17-27)22-49-30-7-4-6-28-38(30)43(60)55(42(28)59)34-18-19-37(56)53-40(34)58/h4-9,20-21,24-27,34,49,61H,10-19,22-23H2,1-3H3,(H,51,57)(H,53,56,58)/t24-,25-,26-,27+,34?. The zero-order valence-corrected chi connectivity index (χ0v) is 35.6. The van der Waals surface area contributed by atoms with Crippen LogP contribution >= 0.6 is 11.3 Å². The van der Waals surface area contributed by atoms with Crippen LogP contribution in [0, 0.1) is 11.8 Å². The number of nitrogens with one attached hydrogen (secondary N) is 3. The van der Waals surface area contributed by atoms with Crippen molar-refractivity contribution >= 4 is 62.5 Å². The second kappa shape index (κ2) is 17.1. The Morgan fingerprint density at radius 1 is 0.903 bits per heavy atom. The molecule has 0 radical (unpaired) electrons. The Bertz CT molecular complexity index is 2420. The lowest BCUT2D eigenvalue weighted by Crippen LogP contribution is -2.54. The molecular formula is C45H50F3N7O6S. The summed E-state index contributed by atoms with van der Waals surface area (Å²) in [6.07, 6.45) is 3.76. The summed E-state index contributed by atoms with van der Waals surface area (Å²) in [7, 11) is 2.21. The summed E-state index contributed by atoms with van der Waals surface area (Å²) in [4.78, 5) is 76.0. The van der Waals surface area contributed by atoms with Gasteiger partial charge in [0.25, 0.3) is 17.7 Å². The normalized spacial score (nSPS) is 23.5. The number of hydrogen-bond donors (Lipinski definition) is 4. The smallest absolute Gasteiger partial charge is 0.386 e. The van der Waals surface area contributed by atoms with Gasteiger partial charge in [0.2, 0.25) is 11.8 Å². The van der Waals surface area contributed by atoms with Gasteiger partial charge in [-0.15, -0.1) is 11.3 Å². The fraction of sp³-hybridized carbons (Fsp3) is 0.489. The van der Waals surface area contributed by atoms with E-state index in [0.29, 0.717) is 41.2 Å². The van der Waals surface area contributed by atoms with Crippen LogP contribution in [0.25, 0.3) is 10.2 Å². The number of carbonyl (C=O) groups is 5. The van der Waals surface area contributed by atoms with Crippen LogP contribution in [0.5, 0.6) is 0 Å². The molecule has 17 heteroatoms.